The summed E-state index contributed by atoms with van der Waals surface area (Å²) in [6.45, 7) is 0.0832. The largest absolute Gasteiger partial charge is 0.396 e. The first kappa shape index (κ1) is 10.8. The lowest BCUT2D eigenvalue weighted by Crippen LogP contribution is -1.93. The molecule has 0 unspecified atom stereocenters. The minimum absolute atomic E-state index is 0.0832. The molecule has 0 saturated heterocycles. The summed E-state index contributed by atoms with van der Waals surface area (Å²) in [5.74, 6) is -0.229. The monoisotopic (exact) mass is 216 g/mol. The van der Waals surface area contributed by atoms with Gasteiger partial charge < -0.3 is 5.11 Å². The van der Waals surface area contributed by atoms with Gasteiger partial charge >= 0.3 is 0 Å². The molecule has 0 aliphatic heterocycles. The number of rotatable bonds is 3. The molecule has 0 bridgehead atoms. The summed E-state index contributed by atoms with van der Waals surface area (Å²) in [5, 5.41) is 8.86. The fraction of sp³-hybridized carbons (Fsp3) is 0.143. The normalized spacial score (nSPS) is 10.4. The van der Waals surface area contributed by atoms with Gasteiger partial charge in [0.2, 0.25) is 0 Å². The second-order valence-electron chi connectivity index (χ2n) is 3.65. The van der Waals surface area contributed by atoms with Crippen LogP contribution in [0.4, 0.5) is 4.39 Å². The minimum atomic E-state index is -0.229. The molecule has 0 amide bonds. The highest BCUT2D eigenvalue weighted by Crippen LogP contribution is 2.23. The number of aliphatic hydroxyl groups is 1. The third kappa shape index (κ3) is 2.28. The number of aliphatic hydroxyl groups excluding tert-OH is 1. The molecule has 2 aromatic rings. The lowest BCUT2D eigenvalue weighted by atomic mass is 10.0. The van der Waals surface area contributed by atoms with Gasteiger partial charge in [0, 0.05) is 12.2 Å². The van der Waals surface area contributed by atoms with Crippen molar-refractivity contribution in [2.24, 2.45) is 0 Å². The van der Waals surface area contributed by atoms with Gasteiger partial charge in [-0.1, -0.05) is 36.4 Å². The SMILES string of the molecule is OCCc1ccc(F)c(-c2ccccc2)c1. The van der Waals surface area contributed by atoms with Crippen molar-refractivity contribution in [1.29, 1.82) is 0 Å². The fourth-order valence-corrected chi connectivity index (χ4v) is 1.70. The first-order valence-corrected chi connectivity index (χ1v) is 5.26. The van der Waals surface area contributed by atoms with E-state index in [1.807, 2.05) is 30.3 Å². The van der Waals surface area contributed by atoms with Crippen molar-refractivity contribution in [1.82, 2.24) is 0 Å². The van der Waals surface area contributed by atoms with Crippen LogP contribution in [0.15, 0.2) is 48.5 Å². The van der Waals surface area contributed by atoms with E-state index in [-0.39, 0.29) is 12.4 Å². The van der Waals surface area contributed by atoms with Crippen molar-refractivity contribution in [3.63, 3.8) is 0 Å². The maximum atomic E-state index is 13.6. The van der Waals surface area contributed by atoms with E-state index in [0.29, 0.717) is 12.0 Å². The Morgan fingerprint density at radius 3 is 2.44 bits per heavy atom. The lowest BCUT2D eigenvalue weighted by Gasteiger charge is -2.06. The van der Waals surface area contributed by atoms with Crippen molar-refractivity contribution >= 4 is 0 Å². The van der Waals surface area contributed by atoms with E-state index >= 15 is 0 Å². The first-order valence-electron chi connectivity index (χ1n) is 5.26. The van der Waals surface area contributed by atoms with Gasteiger partial charge in [0.25, 0.3) is 0 Å². The van der Waals surface area contributed by atoms with Gasteiger partial charge in [0.15, 0.2) is 0 Å². The Bertz CT molecular complexity index is 465. The molecule has 2 heteroatoms. The number of hydrogen-bond acceptors (Lipinski definition) is 1. The van der Waals surface area contributed by atoms with Crippen molar-refractivity contribution in [3.8, 4) is 11.1 Å². The van der Waals surface area contributed by atoms with E-state index in [1.165, 1.54) is 6.07 Å². The zero-order chi connectivity index (χ0) is 11.4. The molecule has 0 atom stereocenters. The zero-order valence-corrected chi connectivity index (χ0v) is 8.86. The van der Waals surface area contributed by atoms with Crippen LogP contribution < -0.4 is 0 Å². The highest BCUT2D eigenvalue weighted by atomic mass is 19.1. The quantitative estimate of drug-likeness (QED) is 0.836. The highest BCUT2D eigenvalue weighted by molar-refractivity contribution is 5.64. The zero-order valence-electron chi connectivity index (χ0n) is 8.86. The Labute approximate surface area is 94.2 Å². The number of benzene rings is 2. The fourth-order valence-electron chi connectivity index (χ4n) is 1.70. The molecule has 2 rings (SSSR count). The van der Waals surface area contributed by atoms with Crippen LogP contribution in [0.25, 0.3) is 11.1 Å². The summed E-state index contributed by atoms with van der Waals surface area (Å²) in [5.41, 5.74) is 2.40. The molecule has 0 radical (unpaired) electrons. The predicted octanol–water partition coefficient (Wildman–Crippen LogP) is 3.03. The summed E-state index contributed by atoms with van der Waals surface area (Å²) in [6.07, 6.45) is 0.556. The molecule has 0 spiro atoms. The average molecular weight is 216 g/mol. The van der Waals surface area contributed by atoms with Crippen molar-refractivity contribution in [2.75, 3.05) is 6.61 Å². The van der Waals surface area contributed by atoms with Crippen LogP contribution in [0.2, 0.25) is 0 Å². The third-order valence-electron chi connectivity index (χ3n) is 2.52. The standard InChI is InChI=1S/C14H13FO/c15-14-7-6-11(8-9-16)10-13(14)12-4-2-1-3-5-12/h1-7,10,16H,8-9H2. The van der Waals surface area contributed by atoms with Gasteiger partial charge in [-0.2, -0.15) is 0 Å². The molecule has 16 heavy (non-hydrogen) atoms. The van der Waals surface area contributed by atoms with Crippen molar-refractivity contribution < 1.29 is 9.50 Å². The molecule has 0 heterocycles. The van der Waals surface area contributed by atoms with Gasteiger partial charge in [-0.15, -0.1) is 0 Å². The van der Waals surface area contributed by atoms with Crippen LogP contribution in [0, 0.1) is 5.82 Å². The molecule has 0 aliphatic carbocycles. The minimum Gasteiger partial charge on any atom is -0.396 e. The van der Waals surface area contributed by atoms with E-state index in [1.54, 1.807) is 12.1 Å². The number of hydrogen-bond donors (Lipinski definition) is 1. The topological polar surface area (TPSA) is 20.2 Å². The molecular formula is C14H13FO. The molecule has 0 aliphatic rings. The summed E-state index contributed by atoms with van der Waals surface area (Å²) >= 11 is 0. The molecule has 0 aromatic heterocycles. The van der Waals surface area contributed by atoms with Gasteiger partial charge in [-0.25, -0.2) is 4.39 Å². The predicted molar refractivity (Wildman–Crippen MR) is 62.6 cm³/mol. The lowest BCUT2D eigenvalue weighted by molar-refractivity contribution is 0.299. The highest BCUT2D eigenvalue weighted by Gasteiger charge is 2.05. The Morgan fingerprint density at radius 1 is 1.00 bits per heavy atom. The molecule has 1 nitrogen and oxygen atoms in total. The van der Waals surface area contributed by atoms with Gasteiger partial charge in [-0.3, -0.25) is 0 Å². The Balaban J connectivity index is 2.43. The maximum absolute atomic E-state index is 13.6. The summed E-state index contributed by atoms with van der Waals surface area (Å²) < 4.78 is 13.6. The summed E-state index contributed by atoms with van der Waals surface area (Å²) in [6, 6.07) is 14.4. The molecule has 1 N–H and O–H groups in total. The van der Waals surface area contributed by atoms with Crippen molar-refractivity contribution in [2.45, 2.75) is 6.42 Å². The Hall–Kier alpha value is -1.67. The van der Waals surface area contributed by atoms with Gasteiger partial charge in [-0.05, 0) is 29.7 Å². The van der Waals surface area contributed by atoms with Crippen LogP contribution in [0.3, 0.4) is 0 Å². The smallest absolute Gasteiger partial charge is 0.131 e. The second kappa shape index (κ2) is 4.90. The number of halogens is 1. The summed E-state index contributed by atoms with van der Waals surface area (Å²) in [4.78, 5) is 0. The van der Waals surface area contributed by atoms with E-state index in [0.717, 1.165) is 11.1 Å². The maximum Gasteiger partial charge on any atom is 0.131 e. The third-order valence-corrected chi connectivity index (χ3v) is 2.52. The van der Waals surface area contributed by atoms with E-state index in [2.05, 4.69) is 0 Å². The first-order chi connectivity index (χ1) is 7.81. The van der Waals surface area contributed by atoms with E-state index in [4.69, 9.17) is 5.11 Å². The van der Waals surface area contributed by atoms with Crippen LogP contribution in [0.1, 0.15) is 5.56 Å². The molecule has 0 saturated carbocycles. The molecule has 2 aromatic carbocycles. The van der Waals surface area contributed by atoms with Crippen LogP contribution in [-0.2, 0) is 6.42 Å². The molecule has 82 valence electrons. The van der Waals surface area contributed by atoms with Crippen LogP contribution in [0.5, 0.6) is 0 Å². The van der Waals surface area contributed by atoms with Crippen molar-refractivity contribution in [3.05, 3.63) is 59.9 Å². The van der Waals surface area contributed by atoms with Crippen LogP contribution >= 0.6 is 0 Å². The summed E-state index contributed by atoms with van der Waals surface area (Å²) in [7, 11) is 0. The Morgan fingerprint density at radius 2 is 1.75 bits per heavy atom. The van der Waals surface area contributed by atoms with E-state index < -0.39 is 0 Å². The average Bonchev–Trinajstić information content (AvgIpc) is 2.33. The van der Waals surface area contributed by atoms with E-state index in [9.17, 15) is 4.39 Å². The van der Waals surface area contributed by atoms with Gasteiger partial charge in [0.05, 0.1) is 0 Å². The Kier molecular flexibility index (Phi) is 3.32. The van der Waals surface area contributed by atoms with Crippen LogP contribution in [-0.4, -0.2) is 11.7 Å². The van der Waals surface area contributed by atoms with Gasteiger partial charge in [0.1, 0.15) is 5.82 Å². The molecule has 0 fully saturated rings. The molecular weight excluding hydrogens is 203 g/mol. The second-order valence-corrected chi connectivity index (χ2v) is 3.65.